The van der Waals surface area contributed by atoms with Crippen molar-refractivity contribution in [2.45, 2.75) is 66.2 Å². The van der Waals surface area contributed by atoms with Crippen molar-refractivity contribution in [2.75, 3.05) is 7.05 Å². The first kappa shape index (κ1) is 22.6. The van der Waals surface area contributed by atoms with Gasteiger partial charge in [0, 0.05) is 26.2 Å². The molecule has 0 aliphatic carbocycles. The van der Waals surface area contributed by atoms with Gasteiger partial charge in [-0.25, -0.2) is 0 Å². The average molecular weight is 391 g/mol. The quantitative estimate of drug-likeness (QED) is 0.371. The van der Waals surface area contributed by atoms with Gasteiger partial charge >= 0.3 is 0 Å². The molecule has 0 aliphatic heterocycles. The zero-order valence-electron chi connectivity index (χ0n) is 18.6. The van der Waals surface area contributed by atoms with E-state index in [0.717, 1.165) is 52.8 Å². The van der Waals surface area contributed by atoms with E-state index in [-0.39, 0.29) is 13.1 Å². The summed E-state index contributed by atoms with van der Waals surface area (Å²) in [5, 5.41) is 9.39. The Morgan fingerprint density at radius 1 is 1.17 bits per heavy atom. The highest BCUT2D eigenvalue weighted by Gasteiger charge is 2.19. The van der Waals surface area contributed by atoms with E-state index in [1.54, 1.807) is 7.05 Å². The molecule has 0 N–H and O–H groups in total. The Kier molecular flexibility index (Phi) is 7.91. The number of rotatable bonds is 8. The molecular weight excluding hydrogens is 356 g/mol. The van der Waals surface area contributed by atoms with Crippen LogP contribution in [0.15, 0.2) is 35.3 Å². The monoisotopic (exact) mass is 390 g/mol. The van der Waals surface area contributed by atoms with Gasteiger partial charge < -0.3 is 0 Å². The lowest BCUT2D eigenvalue weighted by molar-refractivity contribution is 0.0971. The zero-order valence-corrected chi connectivity index (χ0v) is 18.6. The third-order valence-electron chi connectivity index (χ3n) is 5.91. The maximum Gasteiger partial charge on any atom is 0.163 e. The van der Waals surface area contributed by atoms with Crippen molar-refractivity contribution in [1.82, 2.24) is 0 Å². The van der Waals surface area contributed by atoms with E-state index in [9.17, 15) is 10.1 Å². The predicted octanol–water partition coefficient (Wildman–Crippen LogP) is 6.72. The normalized spacial score (nSPS) is 12.5. The van der Waals surface area contributed by atoms with E-state index in [1.807, 2.05) is 45.0 Å². The first-order chi connectivity index (χ1) is 13.8. The number of ketones is 1. The molecule has 3 nitrogen and oxygen atoms in total. The molecule has 2 aromatic carbocycles. The average Bonchev–Trinajstić information content (AvgIpc) is 2.72. The first-order valence-electron chi connectivity index (χ1n) is 10.4. The van der Waals surface area contributed by atoms with Crippen molar-refractivity contribution in [3.63, 3.8) is 0 Å². The fourth-order valence-corrected chi connectivity index (χ4v) is 3.71. The highest BCUT2D eigenvalue weighted by molar-refractivity contribution is 6.04. The number of Topliss-reactive ketones (excluding diaryl/α,β-unsaturated/α-hetero) is 1. The van der Waals surface area contributed by atoms with Crippen LogP contribution in [-0.4, -0.2) is 18.5 Å². The largest absolute Gasteiger partial charge is 0.294 e. The van der Waals surface area contributed by atoms with E-state index >= 15 is 0 Å². The van der Waals surface area contributed by atoms with Gasteiger partial charge in [-0.1, -0.05) is 31.9 Å². The maximum absolute atomic E-state index is 13.2. The summed E-state index contributed by atoms with van der Waals surface area (Å²) in [6, 6.07) is 12.3. The summed E-state index contributed by atoms with van der Waals surface area (Å²) in [5.41, 5.74) is 7.78. The van der Waals surface area contributed by atoms with Gasteiger partial charge in [-0.05, 0) is 86.1 Å². The fraction of sp³-hybridized carbons (Fsp3) is 0.423. The van der Waals surface area contributed by atoms with Crippen LogP contribution in [0.3, 0.4) is 0 Å². The number of aryl methyl sites for hydroxylation is 2. The Balaban J connectivity index is 0.00000450. The molecule has 154 valence electrons. The third kappa shape index (κ3) is 5.41. The van der Waals surface area contributed by atoms with Gasteiger partial charge in [0.05, 0.1) is 11.6 Å². The van der Waals surface area contributed by atoms with Crippen LogP contribution < -0.4 is 0 Å². The number of benzene rings is 2. The summed E-state index contributed by atoms with van der Waals surface area (Å²) in [5.74, 6) is 0.277. The molecule has 0 unspecified atom stereocenters. The Bertz CT molecular complexity index is 970. The molecule has 2 aromatic rings. The number of nitriles is 1. The molecule has 0 saturated carbocycles. The topological polar surface area (TPSA) is 53.2 Å². The Hall–Kier alpha value is -2.73. The lowest BCUT2D eigenvalue weighted by Crippen LogP contribution is -2.11. The third-order valence-corrected chi connectivity index (χ3v) is 5.91. The predicted molar refractivity (Wildman–Crippen MR) is 123 cm³/mol. The maximum atomic E-state index is 13.2. The smallest absolute Gasteiger partial charge is 0.163 e. The van der Waals surface area contributed by atoms with Gasteiger partial charge in [0.15, 0.2) is 5.78 Å². The lowest BCUT2D eigenvalue weighted by atomic mass is 9.85. The van der Waals surface area contributed by atoms with E-state index < -0.39 is 0 Å². The van der Waals surface area contributed by atoms with Gasteiger partial charge in [-0.15, -0.1) is 0 Å². The van der Waals surface area contributed by atoms with Crippen molar-refractivity contribution in [2.24, 2.45) is 4.99 Å². The Labute approximate surface area is 177 Å². The van der Waals surface area contributed by atoms with Crippen molar-refractivity contribution >= 4 is 11.5 Å². The van der Waals surface area contributed by atoms with Gasteiger partial charge in [-0.2, -0.15) is 5.26 Å². The van der Waals surface area contributed by atoms with Crippen LogP contribution in [0.1, 0.15) is 90.6 Å². The molecule has 3 heteroatoms. The number of hydrogen-bond donors (Lipinski definition) is 0. The minimum absolute atomic E-state index is 0. The number of carbonyl (C=O) groups is 1. The molecule has 0 heterocycles. The minimum atomic E-state index is 0. The molecule has 0 spiro atoms. The summed E-state index contributed by atoms with van der Waals surface area (Å²) in [4.78, 5) is 17.5. The summed E-state index contributed by atoms with van der Waals surface area (Å²) >= 11 is 0. The number of hydrogen-bond acceptors (Lipinski definition) is 3. The highest BCUT2D eigenvalue weighted by Crippen LogP contribution is 2.30. The van der Waals surface area contributed by atoms with Gasteiger partial charge in [0.1, 0.15) is 0 Å². The van der Waals surface area contributed by atoms with Gasteiger partial charge in [-0.3, -0.25) is 9.79 Å². The second-order valence-electron chi connectivity index (χ2n) is 7.93. The number of nitrogens with zero attached hydrogens (tertiary/aromatic N) is 2. The van der Waals surface area contributed by atoms with Crippen molar-refractivity contribution in [3.05, 3.63) is 69.3 Å². The van der Waals surface area contributed by atoms with Crippen LogP contribution in [0.2, 0.25) is 0 Å². The van der Waals surface area contributed by atoms with E-state index in [1.165, 1.54) is 5.56 Å². The SMILES string of the molecule is CCCC[C@@H](CC(=O)c1cc(C)c(C)c(C(C)=NC)c1)c1ccc(C)c(C#N)c1.[HH]. The van der Waals surface area contributed by atoms with Crippen LogP contribution in [-0.2, 0) is 0 Å². The van der Waals surface area contributed by atoms with Gasteiger partial charge in [0.25, 0.3) is 0 Å². The molecule has 0 aromatic heterocycles. The van der Waals surface area contributed by atoms with Crippen molar-refractivity contribution in [1.29, 1.82) is 5.26 Å². The summed E-state index contributed by atoms with van der Waals surface area (Å²) in [6.45, 7) is 10.2. The molecule has 0 aliphatic rings. The molecular formula is C26H34N2O. The molecule has 29 heavy (non-hydrogen) atoms. The molecule has 0 fully saturated rings. The van der Waals surface area contributed by atoms with Crippen molar-refractivity contribution < 1.29 is 6.22 Å². The second kappa shape index (κ2) is 10.2. The Morgan fingerprint density at radius 3 is 2.52 bits per heavy atom. The van der Waals surface area contributed by atoms with E-state index in [0.29, 0.717) is 12.0 Å². The molecule has 2 rings (SSSR count). The van der Waals surface area contributed by atoms with Crippen LogP contribution in [0.25, 0.3) is 0 Å². The van der Waals surface area contributed by atoms with Crippen LogP contribution in [0, 0.1) is 32.1 Å². The first-order valence-corrected chi connectivity index (χ1v) is 10.4. The molecule has 0 amide bonds. The van der Waals surface area contributed by atoms with E-state index in [4.69, 9.17) is 0 Å². The van der Waals surface area contributed by atoms with Crippen LogP contribution >= 0.6 is 0 Å². The standard InChI is InChI=1S/C26H32N2O.H2/c1-7-8-9-21(22-11-10-17(2)24(13-22)16-27)15-26(29)23-12-18(3)19(4)25(14-23)20(5)28-6;/h10-14,21H,7-9,15H2,1-6H3;1H/t21-;/m0./s1. The molecule has 1 atom stereocenters. The van der Waals surface area contributed by atoms with Crippen LogP contribution in [0.5, 0.6) is 0 Å². The van der Waals surface area contributed by atoms with Crippen LogP contribution in [0.4, 0.5) is 0 Å². The second-order valence-corrected chi connectivity index (χ2v) is 7.93. The van der Waals surface area contributed by atoms with Gasteiger partial charge in [0.2, 0.25) is 0 Å². The summed E-state index contributed by atoms with van der Waals surface area (Å²) in [6.07, 6.45) is 3.55. The number of unbranched alkanes of at least 4 members (excludes halogenated alkanes) is 1. The number of aliphatic imine (C=N–C) groups is 1. The fourth-order valence-electron chi connectivity index (χ4n) is 3.71. The molecule has 0 saturated heterocycles. The summed E-state index contributed by atoms with van der Waals surface area (Å²) < 4.78 is 0. The number of carbonyl (C=O) groups excluding carboxylic acids is 1. The highest BCUT2D eigenvalue weighted by atomic mass is 16.1. The zero-order chi connectivity index (χ0) is 21.6. The van der Waals surface area contributed by atoms with Crippen molar-refractivity contribution in [3.8, 4) is 6.07 Å². The Morgan fingerprint density at radius 2 is 1.90 bits per heavy atom. The lowest BCUT2D eigenvalue weighted by Gasteiger charge is -2.18. The minimum Gasteiger partial charge on any atom is -0.294 e. The molecule has 0 radical (unpaired) electrons. The van der Waals surface area contributed by atoms with E-state index in [2.05, 4.69) is 31.0 Å². The summed E-state index contributed by atoms with van der Waals surface area (Å²) in [7, 11) is 1.78. The molecule has 0 bridgehead atoms.